The third-order valence-corrected chi connectivity index (χ3v) is 0. The summed E-state index contributed by atoms with van der Waals surface area (Å²) in [4.78, 5) is 0. The van der Waals surface area contributed by atoms with E-state index < -0.39 is 0 Å². The summed E-state index contributed by atoms with van der Waals surface area (Å²) in [7, 11) is 0. The van der Waals surface area contributed by atoms with E-state index in [2.05, 4.69) is 27.7 Å². The van der Waals surface area contributed by atoms with E-state index in [1.165, 1.54) is 12.8 Å². The third kappa shape index (κ3) is 457. The van der Waals surface area contributed by atoms with Crippen molar-refractivity contribution in [2.45, 2.75) is 48.0 Å². The predicted molar refractivity (Wildman–Crippen MR) is 38.7 cm³/mol. The van der Waals surface area contributed by atoms with Gasteiger partial charge in [-0.05, 0) is 0 Å². The van der Waals surface area contributed by atoms with Crippen LogP contribution in [-0.2, 0) is 21.1 Å². The summed E-state index contributed by atoms with van der Waals surface area (Å²) in [6, 6.07) is 0. The summed E-state index contributed by atoms with van der Waals surface area (Å²) in [6.07, 6.45) is 2.50. The first-order valence-corrected chi connectivity index (χ1v) is 2.83. The second-order valence-corrected chi connectivity index (χ2v) is 1.41. The van der Waals surface area contributed by atoms with E-state index in [0.29, 0.717) is 0 Å². The van der Waals surface area contributed by atoms with Crippen LogP contribution in [0.5, 0.6) is 0 Å². The van der Waals surface area contributed by atoms with Gasteiger partial charge in [0.25, 0.3) is 0 Å². The summed E-state index contributed by atoms with van der Waals surface area (Å²) in [5.74, 6) is 0. The molecule has 0 spiro atoms. The number of hydrogen-bond donors (Lipinski definition) is 0. The minimum atomic E-state index is 0. The molecule has 0 aromatic rings. The minimum Gasteiger partial charge on any atom is -0.0776 e. The fourth-order valence-corrected chi connectivity index (χ4v) is 0. The second-order valence-electron chi connectivity index (χ2n) is 1.41. The Bertz CT molecular complexity index is 6.35. The van der Waals surface area contributed by atoms with Crippen LogP contribution in [-0.4, -0.2) is 0 Å². The van der Waals surface area contributed by atoms with E-state index in [1.807, 2.05) is 0 Å². The van der Waals surface area contributed by atoms with E-state index in [1.54, 1.807) is 0 Å². The normalized spacial score (nSPS) is 4.50. The van der Waals surface area contributed by atoms with Gasteiger partial charge in [0.1, 0.15) is 0 Å². The Morgan fingerprint density at radius 3 is 0.750 bits per heavy atom. The molecule has 0 fully saturated rings. The van der Waals surface area contributed by atoms with Crippen molar-refractivity contribution < 1.29 is 21.1 Å². The maximum atomic E-state index is 2.12. The first-order valence-electron chi connectivity index (χ1n) is 2.83. The number of rotatable bonds is 0. The Hall–Kier alpha value is 0.688. The molecule has 0 N–H and O–H groups in total. The van der Waals surface area contributed by atoms with Gasteiger partial charge in [0.15, 0.2) is 0 Å². The maximum absolute atomic E-state index is 2.12. The molecule has 8 heavy (non-hydrogen) atoms. The fraction of sp³-hybridized carbons (Fsp3) is 1.00. The van der Waals surface area contributed by atoms with Gasteiger partial charge < -0.3 is 0 Å². The van der Waals surface area contributed by atoms with E-state index in [4.69, 9.17) is 0 Å². The van der Waals surface area contributed by atoms with E-state index in [9.17, 15) is 0 Å². The first kappa shape index (κ1) is 23.4. The average molecular weight is 288 g/mol. The Balaban J connectivity index is -0.0000000160. The van der Waals surface area contributed by atoms with Crippen molar-refractivity contribution in [2.75, 3.05) is 0 Å². The van der Waals surface area contributed by atoms with Crippen molar-refractivity contribution >= 4 is 0 Å². The van der Waals surface area contributed by atoms with Gasteiger partial charge in [0, 0.05) is 21.1 Å². The summed E-state index contributed by atoms with van der Waals surface area (Å²) in [5.41, 5.74) is 0. The molecule has 0 aromatic carbocycles. The quantitative estimate of drug-likeness (QED) is 0.640. The van der Waals surface area contributed by atoms with Crippen LogP contribution in [0, 0.1) is 0 Å². The molecule has 0 saturated heterocycles. The van der Waals surface area contributed by atoms with Crippen LogP contribution < -0.4 is 0 Å². The zero-order valence-corrected chi connectivity index (χ0v) is 8.76. The van der Waals surface area contributed by atoms with Gasteiger partial charge in [0.05, 0.1) is 0 Å². The summed E-state index contributed by atoms with van der Waals surface area (Å²) >= 11 is 0. The Labute approximate surface area is 69.3 Å². The molecule has 0 amide bonds. The van der Waals surface area contributed by atoms with Gasteiger partial charge in [-0.15, -0.1) is 0 Å². The maximum Gasteiger partial charge on any atom is 0 e. The molecule has 0 aliphatic rings. The minimum absolute atomic E-state index is 0. The molecular weight excluding hydrogens is 268 g/mol. The molecule has 0 radical (unpaired) electrons. The topological polar surface area (TPSA) is 0 Å². The van der Waals surface area contributed by atoms with Crippen LogP contribution >= 0.6 is 0 Å². The standard InChI is InChI=1S/2C3H8.CH4.W/c2*1-3-2;;/h2*3H2,1-2H3;1H4;. The fourth-order valence-electron chi connectivity index (χ4n) is 0. The summed E-state index contributed by atoms with van der Waals surface area (Å²) in [6.45, 7) is 8.50. The third-order valence-electron chi connectivity index (χ3n) is 0. The van der Waals surface area contributed by atoms with Crippen LogP contribution in [0.3, 0.4) is 0 Å². The van der Waals surface area contributed by atoms with Gasteiger partial charge in [-0.2, -0.15) is 0 Å². The van der Waals surface area contributed by atoms with Gasteiger partial charge in [-0.3, -0.25) is 0 Å². The van der Waals surface area contributed by atoms with Crippen LogP contribution in [0.15, 0.2) is 0 Å². The molecule has 0 nitrogen and oxygen atoms in total. The van der Waals surface area contributed by atoms with Crippen LogP contribution in [0.4, 0.5) is 0 Å². The zero-order chi connectivity index (χ0) is 5.41. The van der Waals surface area contributed by atoms with Crippen LogP contribution in [0.1, 0.15) is 48.0 Å². The molecule has 0 unspecified atom stereocenters. The Morgan fingerprint density at radius 2 is 0.750 bits per heavy atom. The molecule has 0 bridgehead atoms. The van der Waals surface area contributed by atoms with Crippen molar-refractivity contribution in [1.82, 2.24) is 0 Å². The van der Waals surface area contributed by atoms with E-state index in [0.717, 1.165) is 0 Å². The summed E-state index contributed by atoms with van der Waals surface area (Å²) in [5, 5.41) is 0. The van der Waals surface area contributed by atoms with Gasteiger partial charge in [-0.25, -0.2) is 0 Å². The molecule has 0 rings (SSSR count). The van der Waals surface area contributed by atoms with Crippen LogP contribution in [0.2, 0.25) is 0 Å². The van der Waals surface area contributed by atoms with Crippen molar-refractivity contribution in [3.05, 3.63) is 0 Å². The predicted octanol–water partition coefficient (Wildman–Crippen LogP) is 3.47. The molecular formula is C7H20W. The smallest absolute Gasteiger partial charge is 0 e. The molecule has 0 aliphatic heterocycles. The van der Waals surface area contributed by atoms with Crippen molar-refractivity contribution in [3.8, 4) is 0 Å². The molecule has 0 heterocycles. The van der Waals surface area contributed by atoms with Crippen LogP contribution in [0.25, 0.3) is 0 Å². The zero-order valence-electron chi connectivity index (χ0n) is 5.82. The van der Waals surface area contributed by atoms with Gasteiger partial charge in [-0.1, -0.05) is 48.0 Å². The Morgan fingerprint density at radius 1 is 0.750 bits per heavy atom. The van der Waals surface area contributed by atoms with E-state index in [-0.39, 0.29) is 28.5 Å². The van der Waals surface area contributed by atoms with E-state index >= 15 is 0 Å². The molecule has 0 saturated carbocycles. The first-order chi connectivity index (χ1) is 2.83. The molecule has 0 atom stereocenters. The van der Waals surface area contributed by atoms with Crippen molar-refractivity contribution in [2.24, 2.45) is 0 Å². The largest absolute Gasteiger partial charge is 0.0776 e. The second kappa shape index (κ2) is 47.6. The van der Waals surface area contributed by atoms with Gasteiger partial charge >= 0.3 is 0 Å². The van der Waals surface area contributed by atoms with Gasteiger partial charge in [0.2, 0.25) is 0 Å². The van der Waals surface area contributed by atoms with Crippen molar-refractivity contribution in [1.29, 1.82) is 0 Å². The molecule has 54 valence electrons. The average Bonchev–Trinajstić information content (AvgIpc) is 1.39. The van der Waals surface area contributed by atoms with Crippen molar-refractivity contribution in [3.63, 3.8) is 0 Å². The molecule has 0 aromatic heterocycles. The SMILES string of the molecule is C.CCC.CCC.[W]. The monoisotopic (exact) mass is 288 g/mol. The number of hydrogen-bond acceptors (Lipinski definition) is 0. The Kier molecular flexibility index (Phi) is 139. The molecule has 1 heteroatoms. The summed E-state index contributed by atoms with van der Waals surface area (Å²) < 4.78 is 0. The molecule has 0 aliphatic carbocycles.